The number of carbonyl (C=O) groups excluding carboxylic acids is 2. The number of hydrogen-bond donors (Lipinski definition) is 2. The van der Waals surface area contributed by atoms with Crippen molar-refractivity contribution in [2.45, 2.75) is 20.8 Å². The highest BCUT2D eigenvalue weighted by atomic mass is 16.5. The van der Waals surface area contributed by atoms with E-state index in [0.717, 1.165) is 5.75 Å². The first kappa shape index (κ1) is 17.4. The predicted octanol–water partition coefficient (Wildman–Crippen LogP) is 2.14. The van der Waals surface area contributed by atoms with Crippen molar-refractivity contribution in [3.8, 4) is 11.5 Å². The monoisotopic (exact) mass is 332 g/mol. The van der Waals surface area contributed by atoms with Gasteiger partial charge in [0.2, 0.25) is 0 Å². The molecule has 0 aliphatic carbocycles. The fourth-order valence-corrected chi connectivity index (χ4v) is 2.03. The van der Waals surface area contributed by atoms with Gasteiger partial charge in [-0.15, -0.1) is 0 Å². The van der Waals surface area contributed by atoms with Crippen LogP contribution in [-0.2, 0) is 4.79 Å². The normalized spacial score (nSPS) is 10.1. The lowest BCUT2D eigenvalue weighted by Crippen LogP contribution is -2.43. The van der Waals surface area contributed by atoms with Crippen LogP contribution < -0.4 is 20.3 Å². The molecule has 7 heteroatoms. The smallest absolute Gasteiger partial charge is 0.276 e. The lowest BCUT2D eigenvalue weighted by molar-refractivity contribution is -0.123. The van der Waals surface area contributed by atoms with Crippen LogP contribution in [0, 0.1) is 13.8 Å². The summed E-state index contributed by atoms with van der Waals surface area (Å²) in [5.41, 5.74) is 4.98. The Bertz CT molecular complexity index is 706. The third-order valence-corrected chi connectivity index (χ3v) is 3.11. The maximum Gasteiger partial charge on any atom is 0.276 e. The first-order valence-electron chi connectivity index (χ1n) is 7.51. The first-order chi connectivity index (χ1) is 11.5. The van der Waals surface area contributed by atoms with Crippen molar-refractivity contribution in [2.75, 3.05) is 13.2 Å². The number of hydrazine groups is 1. The van der Waals surface area contributed by atoms with E-state index in [2.05, 4.69) is 10.9 Å². The van der Waals surface area contributed by atoms with Gasteiger partial charge in [0.1, 0.15) is 23.0 Å². The zero-order valence-electron chi connectivity index (χ0n) is 13.8. The summed E-state index contributed by atoms with van der Waals surface area (Å²) in [5.74, 6) is 1.45. The van der Waals surface area contributed by atoms with Crippen molar-refractivity contribution in [2.24, 2.45) is 0 Å². The van der Waals surface area contributed by atoms with Crippen molar-refractivity contribution in [3.05, 3.63) is 47.4 Å². The standard InChI is InChI=1S/C17H20N2O5/c1-4-22-13-5-7-14(8-6-13)23-10-16(20)18-19-17(21)15-9-11(2)24-12(15)3/h5-9H,4,10H2,1-3H3,(H,18,20)(H,19,21). The summed E-state index contributed by atoms with van der Waals surface area (Å²) < 4.78 is 15.9. The van der Waals surface area contributed by atoms with Gasteiger partial charge in [-0.05, 0) is 51.1 Å². The number of ether oxygens (including phenoxy) is 2. The molecule has 0 unspecified atom stereocenters. The number of rotatable bonds is 6. The molecule has 2 rings (SSSR count). The van der Waals surface area contributed by atoms with Crippen LogP contribution in [0.1, 0.15) is 28.8 Å². The second-order valence-corrected chi connectivity index (χ2v) is 5.02. The van der Waals surface area contributed by atoms with E-state index in [1.165, 1.54) is 0 Å². The lowest BCUT2D eigenvalue weighted by Gasteiger charge is -2.09. The van der Waals surface area contributed by atoms with E-state index in [4.69, 9.17) is 13.9 Å². The molecule has 0 spiro atoms. The van der Waals surface area contributed by atoms with Gasteiger partial charge in [-0.1, -0.05) is 0 Å². The summed E-state index contributed by atoms with van der Waals surface area (Å²) in [6.07, 6.45) is 0. The molecule has 0 radical (unpaired) electrons. The molecule has 128 valence electrons. The molecular weight excluding hydrogens is 312 g/mol. The first-order valence-corrected chi connectivity index (χ1v) is 7.51. The quantitative estimate of drug-likeness (QED) is 0.791. The highest BCUT2D eigenvalue weighted by Crippen LogP contribution is 2.17. The summed E-state index contributed by atoms with van der Waals surface area (Å²) in [7, 11) is 0. The Hall–Kier alpha value is -2.96. The Morgan fingerprint density at radius 2 is 1.67 bits per heavy atom. The molecular formula is C17H20N2O5. The summed E-state index contributed by atoms with van der Waals surface area (Å²) in [5, 5.41) is 0. The van der Waals surface area contributed by atoms with Gasteiger partial charge in [-0.3, -0.25) is 20.4 Å². The van der Waals surface area contributed by atoms with Crippen molar-refractivity contribution >= 4 is 11.8 Å². The maximum absolute atomic E-state index is 11.9. The number of hydrogen-bond acceptors (Lipinski definition) is 5. The highest BCUT2D eigenvalue weighted by Gasteiger charge is 2.14. The van der Waals surface area contributed by atoms with Gasteiger partial charge < -0.3 is 13.9 Å². The van der Waals surface area contributed by atoms with Crippen molar-refractivity contribution in [1.82, 2.24) is 10.9 Å². The van der Waals surface area contributed by atoms with Crippen molar-refractivity contribution in [1.29, 1.82) is 0 Å². The molecule has 2 N–H and O–H groups in total. The van der Waals surface area contributed by atoms with E-state index in [1.807, 2.05) is 6.92 Å². The lowest BCUT2D eigenvalue weighted by atomic mass is 10.2. The molecule has 0 saturated heterocycles. The molecule has 0 saturated carbocycles. The molecule has 0 fully saturated rings. The van der Waals surface area contributed by atoms with Gasteiger partial charge in [0.15, 0.2) is 6.61 Å². The molecule has 24 heavy (non-hydrogen) atoms. The molecule has 0 aliphatic heterocycles. The average molecular weight is 332 g/mol. The average Bonchev–Trinajstić information content (AvgIpc) is 2.91. The fourth-order valence-electron chi connectivity index (χ4n) is 2.03. The van der Waals surface area contributed by atoms with Crippen LogP contribution in [0.5, 0.6) is 11.5 Å². The minimum absolute atomic E-state index is 0.225. The van der Waals surface area contributed by atoms with Crippen LogP contribution in [0.4, 0.5) is 0 Å². The van der Waals surface area contributed by atoms with Crippen LogP contribution in [0.2, 0.25) is 0 Å². The van der Waals surface area contributed by atoms with E-state index in [-0.39, 0.29) is 6.61 Å². The molecule has 1 aromatic heterocycles. The van der Waals surface area contributed by atoms with Crippen LogP contribution in [0.15, 0.2) is 34.7 Å². The molecule has 2 amide bonds. The Labute approximate surface area is 139 Å². The topological polar surface area (TPSA) is 89.8 Å². The third kappa shape index (κ3) is 4.77. The number of aryl methyl sites for hydroxylation is 2. The van der Waals surface area contributed by atoms with E-state index in [0.29, 0.717) is 29.4 Å². The van der Waals surface area contributed by atoms with Gasteiger partial charge >= 0.3 is 0 Å². The summed E-state index contributed by atoms with van der Waals surface area (Å²) in [4.78, 5) is 23.6. The van der Waals surface area contributed by atoms with Gasteiger partial charge in [0, 0.05) is 0 Å². The van der Waals surface area contributed by atoms with Crippen LogP contribution >= 0.6 is 0 Å². The summed E-state index contributed by atoms with van der Waals surface area (Å²) in [6, 6.07) is 8.52. The van der Waals surface area contributed by atoms with Gasteiger partial charge in [0.25, 0.3) is 11.8 Å². The number of furan rings is 1. The number of nitrogens with one attached hydrogen (secondary N) is 2. The van der Waals surface area contributed by atoms with Crippen LogP contribution in [-0.4, -0.2) is 25.0 Å². The van der Waals surface area contributed by atoms with E-state index < -0.39 is 11.8 Å². The number of carbonyl (C=O) groups is 2. The molecule has 7 nitrogen and oxygen atoms in total. The second-order valence-electron chi connectivity index (χ2n) is 5.02. The van der Waals surface area contributed by atoms with Gasteiger partial charge in [-0.2, -0.15) is 0 Å². The summed E-state index contributed by atoms with van der Waals surface area (Å²) >= 11 is 0. The Morgan fingerprint density at radius 1 is 1.04 bits per heavy atom. The van der Waals surface area contributed by atoms with Gasteiger partial charge in [0.05, 0.1) is 12.2 Å². The number of benzene rings is 1. The molecule has 0 bridgehead atoms. The summed E-state index contributed by atoms with van der Waals surface area (Å²) in [6.45, 7) is 5.68. The van der Waals surface area contributed by atoms with Crippen LogP contribution in [0.3, 0.4) is 0 Å². The Morgan fingerprint density at radius 3 is 2.21 bits per heavy atom. The van der Waals surface area contributed by atoms with Crippen LogP contribution in [0.25, 0.3) is 0 Å². The minimum atomic E-state index is -0.477. The Kier molecular flexibility index (Phi) is 5.83. The van der Waals surface area contributed by atoms with Crippen molar-refractivity contribution in [3.63, 3.8) is 0 Å². The largest absolute Gasteiger partial charge is 0.494 e. The van der Waals surface area contributed by atoms with E-state index >= 15 is 0 Å². The minimum Gasteiger partial charge on any atom is -0.494 e. The molecule has 0 atom stereocenters. The highest BCUT2D eigenvalue weighted by molar-refractivity contribution is 5.96. The Balaban J connectivity index is 1.77. The maximum atomic E-state index is 11.9. The fraction of sp³-hybridized carbons (Fsp3) is 0.294. The van der Waals surface area contributed by atoms with E-state index in [1.54, 1.807) is 44.2 Å². The number of amides is 2. The zero-order valence-corrected chi connectivity index (χ0v) is 13.8. The van der Waals surface area contributed by atoms with Gasteiger partial charge in [-0.25, -0.2) is 0 Å². The second kappa shape index (κ2) is 8.05. The van der Waals surface area contributed by atoms with E-state index in [9.17, 15) is 9.59 Å². The molecule has 1 aromatic carbocycles. The van der Waals surface area contributed by atoms with Crippen molar-refractivity contribution < 1.29 is 23.5 Å². The third-order valence-electron chi connectivity index (χ3n) is 3.11. The zero-order chi connectivity index (χ0) is 17.5. The molecule has 1 heterocycles. The predicted molar refractivity (Wildman–Crippen MR) is 86.9 cm³/mol. The molecule has 2 aromatic rings. The molecule has 0 aliphatic rings. The SMILES string of the molecule is CCOc1ccc(OCC(=O)NNC(=O)c2cc(C)oc2C)cc1.